The number of carbonyl (C=O) groups is 1. The van der Waals surface area contributed by atoms with E-state index in [4.69, 9.17) is 10.5 Å². The lowest BCUT2D eigenvalue weighted by Gasteiger charge is -2.32. The summed E-state index contributed by atoms with van der Waals surface area (Å²) in [4.78, 5) is 14.5. The lowest BCUT2D eigenvalue weighted by atomic mass is 10.1. The molecule has 0 aliphatic carbocycles. The Balaban J connectivity index is 1.80. The molecule has 0 aromatic heterocycles. The molecule has 23 heavy (non-hydrogen) atoms. The first-order valence-corrected chi connectivity index (χ1v) is 9.67. The number of nitrogens with two attached hydrogens (primary N) is 1. The molecular formula is C18H28N2O2S. The van der Waals surface area contributed by atoms with E-state index in [0.717, 1.165) is 56.0 Å². The molecule has 0 unspecified atom stereocenters. The van der Waals surface area contributed by atoms with Gasteiger partial charge in [-0.1, -0.05) is 19.1 Å². The second-order valence-corrected chi connectivity index (χ2v) is 7.11. The van der Waals surface area contributed by atoms with Gasteiger partial charge in [-0.25, -0.2) is 0 Å². The molecule has 2 rings (SSSR count). The van der Waals surface area contributed by atoms with E-state index >= 15 is 0 Å². The van der Waals surface area contributed by atoms with Crippen molar-refractivity contribution >= 4 is 17.7 Å². The van der Waals surface area contributed by atoms with Crippen LogP contribution in [-0.4, -0.2) is 48.9 Å². The zero-order valence-electron chi connectivity index (χ0n) is 14.0. The second kappa shape index (κ2) is 9.96. The minimum absolute atomic E-state index is 0.139. The Labute approximate surface area is 143 Å². The molecule has 128 valence electrons. The minimum atomic E-state index is 0.139. The van der Waals surface area contributed by atoms with Crippen molar-refractivity contribution in [1.29, 1.82) is 0 Å². The summed E-state index contributed by atoms with van der Waals surface area (Å²) in [5.41, 5.74) is 7.54. The Kier molecular flexibility index (Phi) is 7.92. The van der Waals surface area contributed by atoms with Crippen LogP contribution in [0.5, 0.6) is 0 Å². The first kappa shape index (κ1) is 18.3. The third-order valence-electron chi connectivity index (χ3n) is 4.10. The fourth-order valence-corrected chi connectivity index (χ4v) is 3.34. The molecule has 1 aromatic rings. The van der Waals surface area contributed by atoms with Crippen molar-refractivity contribution in [3.63, 3.8) is 0 Å². The van der Waals surface area contributed by atoms with Gasteiger partial charge in [-0.3, -0.25) is 4.79 Å². The number of carbonyl (C=O) groups excluding carboxylic acids is 1. The van der Waals surface area contributed by atoms with Crippen LogP contribution in [0.4, 0.5) is 0 Å². The van der Waals surface area contributed by atoms with Crippen LogP contribution in [0.15, 0.2) is 24.3 Å². The lowest BCUT2D eigenvalue weighted by Crippen LogP contribution is -2.41. The summed E-state index contributed by atoms with van der Waals surface area (Å²) < 4.78 is 5.79. The van der Waals surface area contributed by atoms with Crippen molar-refractivity contribution < 1.29 is 9.53 Å². The van der Waals surface area contributed by atoms with Crippen molar-refractivity contribution in [3.05, 3.63) is 35.4 Å². The van der Waals surface area contributed by atoms with E-state index in [9.17, 15) is 4.79 Å². The van der Waals surface area contributed by atoms with E-state index in [-0.39, 0.29) is 12.0 Å². The van der Waals surface area contributed by atoms with Crippen molar-refractivity contribution in [2.45, 2.75) is 38.0 Å². The SMILES string of the molecule is CCSCc1ccc(C(=O)N2CCC(OCCCN)CC2)cc1. The number of hydrogen-bond acceptors (Lipinski definition) is 4. The van der Waals surface area contributed by atoms with E-state index in [2.05, 4.69) is 19.1 Å². The molecular weight excluding hydrogens is 308 g/mol. The highest BCUT2D eigenvalue weighted by Crippen LogP contribution is 2.18. The van der Waals surface area contributed by atoms with Gasteiger partial charge in [0, 0.05) is 31.0 Å². The third kappa shape index (κ3) is 5.83. The van der Waals surface area contributed by atoms with Crippen LogP contribution in [0.3, 0.4) is 0 Å². The summed E-state index contributed by atoms with van der Waals surface area (Å²) in [6.07, 6.45) is 3.02. The summed E-state index contributed by atoms with van der Waals surface area (Å²) in [7, 11) is 0. The molecule has 0 saturated carbocycles. The van der Waals surface area contributed by atoms with E-state index < -0.39 is 0 Å². The molecule has 1 aliphatic rings. The summed E-state index contributed by atoms with van der Waals surface area (Å²) in [5, 5.41) is 0. The first-order valence-electron chi connectivity index (χ1n) is 8.52. The number of thioether (sulfide) groups is 1. The highest BCUT2D eigenvalue weighted by atomic mass is 32.2. The van der Waals surface area contributed by atoms with Gasteiger partial charge in [-0.15, -0.1) is 0 Å². The fraction of sp³-hybridized carbons (Fsp3) is 0.611. The number of nitrogens with zero attached hydrogens (tertiary/aromatic N) is 1. The van der Waals surface area contributed by atoms with E-state index in [0.29, 0.717) is 6.54 Å². The molecule has 1 saturated heterocycles. The molecule has 2 N–H and O–H groups in total. The molecule has 1 fully saturated rings. The van der Waals surface area contributed by atoms with Crippen LogP contribution >= 0.6 is 11.8 Å². The fourth-order valence-electron chi connectivity index (χ4n) is 2.70. The minimum Gasteiger partial charge on any atom is -0.378 e. The van der Waals surface area contributed by atoms with Gasteiger partial charge in [0.25, 0.3) is 5.91 Å². The van der Waals surface area contributed by atoms with Gasteiger partial charge in [0.2, 0.25) is 0 Å². The summed E-state index contributed by atoms with van der Waals surface area (Å²) in [6.45, 7) is 5.11. The quantitative estimate of drug-likeness (QED) is 0.742. The van der Waals surface area contributed by atoms with Crippen molar-refractivity contribution in [3.8, 4) is 0 Å². The normalized spacial score (nSPS) is 15.8. The molecule has 0 atom stereocenters. The van der Waals surface area contributed by atoms with Crippen molar-refractivity contribution in [2.75, 3.05) is 32.0 Å². The Morgan fingerprint density at radius 1 is 1.30 bits per heavy atom. The number of amides is 1. The number of hydrogen-bond donors (Lipinski definition) is 1. The predicted octanol–water partition coefficient (Wildman–Crippen LogP) is 2.91. The van der Waals surface area contributed by atoms with Gasteiger partial charge in [0.1, 0.15) is 0 Å². The molecule has 0 spiro atoms. The standard InChI is InChI=1S/C18H28N2O2S/c1-2-23-14-15-4-6-16(7-5-15)18(21)20-11-8-17(9-12-20)22-13-3-10-19/h4-7,17H,2-3,8-14,19H2,1H3. The Hall–Kier alpha value is -1.04. The molecule has 4 nitrogen and oxygen atoms in total. The van der Waals surface area contributed by atoms with Gasteiger partial charge in [-0.2, -0.15) is 11.8 Å². The first-order chi connectivity index (χ1) is 11.2. The average molecular weight is 337 g/mol. The summed E-state index contributed by atoms with van der Waals surface area (Å²) in [6, 6.07) is 8.05. The van der Waals surface area contributed by atoms with Crippen LogP contribution in [0.1, 0.15) is 42.1 Å². The zero-order valence-corrected chi connectivity index (χ0v) is 14.8. The third-order valence-corrected chi connectivity index (χ3v) is 5.05. The number of benzene rings is 1. The highest BCUT2D eigenvalue weighted by molar-refractivity contribution is 7.98. The van der Waals surface area contributed by atoms with Crippen LogP contribution in [-0.2, 0) is 10.5 Å². The van der Waals surface area contributed by atoms with Gasteiger partial charge >= 0.3 is 0 Å². The van der Waals surface area contributed by atoms with Crippen molar-refractivity contribution in [1.82, 2.24) is 4.90 Å². The van der Waals surface area contributed by atoms with E-state index in [1.165, 1.54) is 5.56 Å². The molecule has 0 radical (unpaired) electrons. The van der Waals surface area contributed by atoms with E-state index in [1.54, 1.807) is 0 Å². The van der Waals surface area contributed by atoms with Crippen LogP contribution in [0, 0.1) is 0 Å². The van der Waals surface area contributed by atoms with Gasteiger partial charge in [0.05, 0.1) is 6.10 Å². The molecule has 1 amide bonds. The van der Waals surface area contributed by atoms with Crippen LogP contribution in [0.25, 0.3) is 0 Å². The number of ether oxygens (including phenoxy) is 1. The summed E-state index contributed by atoms with van der Waals surface area (Å²) in [5.74, 6) is 2.26. The lowest BCUT2D eigenvalue weighted by molar-refractivity contribution is 0.00845. The predicted molar refractivity (Wildman–Crippen MR) is 96.8 cm³/mol. The Morgan fingerprint density at radius 2 is 2.00 bits per heavy atom. The van der Waals surface area contributed by atoms with Gasteiger partial charge < -0.3 is 15.4 Å². The maximum atomic E-state index is 12.6. The largest absolute Gasteiger partial charge is 0.378 e. The highest BCUT2D eigenvalue weighted by Gasteiger charge is 2.23. The average Bonchev–Trinajstić information content (AvgIpc) is 2.61. The Morgan fingerprint density at radius 3 is 2.61 bits per heavy atom. The molecule has 1 aliphatic heterocycles. The van der Waals surface area contributed by atoms with Crippen molar-refractivity contribution in [2.24, 2.45) is 5.73 Å². The van der Waals surface area contributed by atoms with Crippen LogP contribution in [0.2, 0.25) is 0 Å². The monoisotopic (exact) mass is 336 g/mol. The van der Waals surface area contributed by atoms with E-state index in [1.807, 2.05) is 28.8 Å². The maximum Gasteiger partial charge on any atom is 0.253 e. The zero-order chi connectivity index (χ0) is 16.5. The smallest absolute Gasteiger partial charge is 0.253 e. The molecule has 0 bridgehead atoms. The number of likely N-dealkylation sites (tertiary alicyclic amines) is 1. The Bertz CT molecular complexity index is 470. The molecule has 1 heterocycles. The van der Waals surface area contributed by atoms with Gasteiger partial charge in [-0.05, 0) is 49.3 Å². The summed E-state index contributed by atoms with van der Waals surface area (Å²) >= 11 is 1.89. The second-order valence-electron chi connectivity index (χ2n) is 5.84. The van der Waals surface area contributed by atoms with Gasteiger partial charge in [0.15, 0.2) is 0 Å². The maximum absolute atomic E-state index is 12.6. The number of piperidine rings is 1. The topological polar surface area (TPSA) is 55.6 Å². The molecule has 1 aromatic carbocycles. The van der Waals surface area contributed by atoms with Crippen LogP contribution < -0.4 is 5.73 Å². The number of rotatable bonds is 8. The molecule has 5 heteroatoms.